The summed E-state index contributed by atoms with van der Waals surface area (Å²) in [4.78, 5) is 6.29. The third kappa shape index (κ3) is 4.21. The Morgan fingerprint density at radius 2 is 0.881 bits per heavy atom. The van der Waals surface area contributed by atoms with E-state index in [4.69, 9.17) is 0 Å². The number of aryl methyl sites for hydroxylation is 4. The van der Waals surface area contributed by atoms with Crippen molar-refractivity contribution >= 4 is 34.3 Å². The Labute approximate surface area is 239 Å². The lowest BCUT2D eigenvalue weighted by Crippen LogP contribution is -2.25. The second-order valence-electron chi connectivity index (χ2n) is 10.4. The van der Waals surface area contributed by atoms with E-state index >= 15 is 22.0 Å². The van der Waals surface area contributed by atoms with E-state index < -0.39 is 35.0 Å². The van der Waals surface area contributed by atoms with Crippen LogP contribution in [0.3, 0.4) is 0 Å². The summed E-state index contributed by atoms with van der Waals surface area (Å²) in [6.45, 7) is 0. The smallest absolute Gasteiger partial charge is 0.306 e. The van der Waals surface area contributed by atoms with E-state index in [9.17, 15) is 0 Å². The van der Waals surface area contributed by atoms with Gasteiger partial charge in [-0.2, -0.15) is 26.9 Å². The van der Waals surface area contributed by atoms with Crippen LogP contribution in [-0.2, 0) is 31.9 Å². The van der Waals surface area contributed by atoms with Crippen LogP contribution in [0.25, 0.3) is 0 Å². The second-order valence-corrected chi connectivity index (χ2v) is 10.4. The maximum atomic E-state index is 16.1. The topological polar surface area (TPSA) is 19.4 Å². The molecule has 0 unspecified atom stereocenters. The average molecular weight is 570 g/mol. The van der Waals surface area contributed by atoms with E-state index in [0.717, 1.165) is 22.3 Å². The van der Waals surface area contributed by atoms with E-state index in [0.29, 0.717) is 48.4 Å². The molecule has 0 saturated carbocycles. The van der Waals surface area contributed by atoms with Crippen molar-refractivity contribution in [2.24, 2.45) is 0 Å². The van der Waals surface area contributed by atoms with E-state index in [-0.39, 0.29) is 0 Å². The van der Waals surface area contributed by atoms with Crippen LogP contribution in [-0.4, -0.2) is 4.98 Å². The standard InChI is InChI=1S/C34H24F5N3/c35-30-31(41-25-13-5-1-9-21(25)17-18-22-10-2-6-14-26(22)41)29(34(37,38)39)33(40-32(30)36)42-27-15-7-3-11-23(27)19-20-24-12-4-8-16-28(24)42/h1-16H,17-20H2. The van der Waals surface area contributed by atoms with Crippen molar-refractivity contribution in [2.45, 2.75) is 31.9 Å². The summed E-state index contributed by atoms with van der Waals surface area (Å²) >= 11 is 0. The van der Waals surface area contributed by atoms with Gasteiger partial charge in [0.1, 0.15) is 11.3 Å². The highest BCUT2D eigenvalue weighted by Gasteiger charge is 2.45. The number of para-hydroxylation sites is 4. The van der Waals surface area contributed by atoms with Crippen molar-refractivity contribution in [1.29, 1.82) is 0 Å². The molecule has 210 valence electrons. The van der Waals surface area contributed by atoms with Crippen LogP contribution in [0.4, 0.5) is 56.2 Å². The number of rotatable bonds is 2. The quantitative estimate of drug-likeness (QED) is 0.156. The van der Waals surface area contributed by atoms with Crippen LogP contribution in [0.5, 0.6) is 0 Å². The molecule has 5 aromatic rings. The van der Waals surface area contributed by atoms with Crippen LogP contribution in [0.15, 0.2) is 97.1 Å². The van der Waals surface area contributed by atoms with Crippen molar-refractivity contribution in [3.63, 3.8) is 0 Å². The fourth-order valence-corrected chi connectivity index (χ4v) is 6.17. The minimum atomic E-state index is -5.10. The lowest BCUT2D eigenvalue weighted by atomic mass is 10.0. The van der Waals surface area contributed by atoms with Gasteiger partial charge in [0.05, 0.1) is 11.4 Å². The molecule has 3 nitrogen and oxygen atoms in total. The molecule has 1 aromatic heterocycles. The summed E-state index contributed by atoms with van der Waals surface area (Å²) in [5.41, 5.74) is 2.35. The number of aromatic nitrogens is 1. The maximum absolute atomic E-state index is 16.1. The third-order valence-electron chi connectivity index (χ3n) is 8.03. The Bertz CT molecular complexity index is 1740. The van der Waals surface area contributed by atoms with Gasteiger partial charge in [-0.25, -0.2) is 0 Å². The van der Waals surface area contributed by atoms with Crippen molar-refractivity contribution in [2.75, 3.05) is 9.80 Å². The molecule has 0 aliphatic carbocycles. The van der Waals surface area contributed by atoms with Crippen LogP contribution >= 0.6 is 0 Å². The highest BCUT2D eigenvalue weighted by Crippen LogP contribution is 2.53. The number of nitrogens with zero attached hydrogens (tertiary/aromatic N) is 3. The maximum Gasteiger partial charge on any atom is 0.422 e. The monoisotopic (exact) mass is 569 g/mol. The van der Waals surface area contributed by atoms with E-state index in [2.05, 4.69) is 4.98 Å². The lowest BCUT2D eigenvalue weighted by Gasteiger charge is -2.33. The number of pyridine rings is 1. The first-order valence-electron chi connectivity index (χ1n) is 13.7. The Morgan fingerprint density at radius 1 is 0.524 bits per heavy atom. The van der Waals surface area contributed by atoms with Crippen molar-refractivity contribution in [3.05, 3.63) is 137 Å². The second kappa shape index (κ2) is 9.98. The van der Waals surface area contributed by atoms with Crippen LogP contribution in [0, 0.1) is 11.8 Å². The molecule has 2 aliphatic rings. The Kier molecular flexibility index (Phi) is 6.22. The molecule has 0 spiro atoms. The van der Waals surface area contributed by atoms with Gasteiger partial charge in [-0.05, 0) is 72.2 Å². The number of hydrogen-bond acceptors (Lipinski definition) is 3. The molecule has 0 bridgehead atoms. The van der Waals surface area contributed by atoms with E-state index in [1.54, 1.807) is 72.8 Å². The fourth-order valence-electron chi connectivity index (χ4n) is 6.17. The summed E-state index contributed by atoms with van der Waals surface area (Å²) in [5, 5.41) is 0. The zero-order valence-electron chi connectivity index (χ0n) is 22.3. The predicted octanol–water partition coefficient (Wildman–Crippen LogP) is 9.52. The van der Waals surface area contributed by atoms with Gasteiger partial charge in [0.15, 0.2) is 5.82 Å². The van der Waals surface area contributed by atoms with Gasteiger partial charge in [-0.3, -0.25) is 4.90 Å². The molecule has 3 heterocycles. The molecule has 4 aromatic carbocycles. The first-order valence-corrected chi connectivity index (χ1v) is 13.7. The normalized spacial score (nSPS) is 14.3. The molecular weight excluding hydrogens is 545 g/mol. The Morgan fingerprint density at radius 3 is 1.26 bits per heavy atom. The molecule has 0 saturated heterocycles. The van der Waals surface area contributed by atoms with Crippen LogP contribution in [0.2, 0.25) is 0 Å². The van der Waals surface area contributed by atoms with Gasteiger partial charge < -0.3 is 4.90 Å². The number of fused-ring (bicyclic) bond motifs is 4. The van der Waals surface area contributed by atoms with Crippen molar-refractivity contribution in [1.82, 2.24) is 4.98 Å². The van der Waals surface area contributed by atoms with E-state index in [1.807, 2.05) is 24.3 Å². The zero-order chi connectivity index (χ0) is 29.0. The summed E-state index contributed by atoms with van der Waals surface area (Å²) < 4.78 is 78.2. The minimum Gasteiger partial charge on any atom is -0.306 e. The largest absolute Gasteiger partial charge is 0.422 e. The summed E-state index contributed by atoms with van der Waals surface area (Å²) in [5.74, 6) is -3.97. The summed E-state index contributed by atoms with van der Waals surface area (Å²) in [6, 6.07) is 28.0. The molecule has 7 rings (SSSR count). The molecular formula is C34H24F5N3. The summed E-state index contributed by atoms with van der Waals surface area (Å²) in [7, 11) is 0. The molecule has 0 N–H and O–H groups in total. The van der Waals surface area contributed by atoms with Crippen LogP contribution in [0.1, 0.15) is 27.8 Å². The molecule has 8 heteroatoms. The highest BCUT2D eigenvalue weighted by atomic mass is 19.4. The molecule has 0 radical (unpaired) electrons. The average Bonchev–Trinajstić information content (AvgIpc) is 3.26. The molecule has 42 heavy (non-hydrogen) atoms. The molecule has 0 amide bonds. The Hall–Kier alpha value is -4.72. The minimum absolute atomic E-state index is 0.361. The van der Waals surface area contributed by atoms with Gasteiger partial charge in [0, 0.05) is 11.4 Å². The summed E-state index contributed by atoms with van der Waals surface area (Å²) in [6.07, 6.45) is -2.92. The van der Waals surface area contributed by atoms with Gasteiger partial charge in [-0.1, -0.05) is 72.8 Å². The first kappa shape index (κ1) is 26.2. The number of benzene rings is 4. The van der Waals surface area contributed by atoms with Gasteiger partial charge in [0.25, 0.3) is 5.95 Å². The number of anilines is 6. The SMILES string of the molecule is Fc1nc(N2c3ccccc3CCc3ccccc32)c(C(F)(F)F)c(N2c3ccccc3CCc3ccccc32)c1F. The fraction of sp³-hybridized carbons (Fsp3) is 0.147. The van der Waals surface area contributed by atoms with E-state index in [1.165, 1.54) is 9.80 Å². The predicted molar refractivity (Wildman–Crippen MR) is 153 cm³/mol. The lowest BCUT2D eigenvalue weighted by molar-refractivity contribution is -0.136. The molecule has 2 aliphatic heterocycles. The van der Waals surface area contributed by atoms with Crippen molar-refractivity contribution in [3.8, 4) is 0 Å². The third-order valence-corrected chi connectivity index (χ3v) is 8.03. The van der Waals surface area contributed by atoms with Gasteiger partial charge in [0.2, 0.25) is 5.82 Å². The number of alkyl halides is 3. The number of hydrogen-bond donors (Lipinski definition) is 0. The van der Waals surface area contributed by atoms with Gasteiger partial charge in [-0.15, -0.1) is 0 Å². The first-order chi connectivity index (χ1) is 20.3. The zero-order valence-corrected chi connectivity index (χ0v) is 22.3. The molecule has 0 atom stereocenters. The van der Waals surface area contributed by atoms with Gasteiger partial charge >= 0.3 is 6.18 Å². The Balaban J connectivity index is 1.61. The van der Waals surface area contributed by atoms with Crippen LogP contribution < -0.4 is 9.80 Å². The van der Waals surface area contributed by atoms with Crippen molar-refractivity contribution < 1.29 is 22.0 Å². The number of halogens is 5. The highest BCUT2D eigenvalue weighted by molar-refractivity contribution is 5.89. The molecule has 0 fully saturated rings.